The van der Waals surface area contributed by atoms with Crippen LogP contribution in [0, 0.1) is 5.82 Å². The monoisotopic (exact) mass is 359 g/mol. The number of aromatic carboxylic acids is 1. The first-order valence-corrected chi connectivity index (χ1v) is 8.05. The number of thiocarbonyl (C=S) groups is 1. The second kappa shape index (κ2) is 6.54. The van der Waals surface area contributed by atoms with Crippen molar-refractivity contribution >= 4 is 51.9 Å². The molecule has 1 amide bonds. The average molecular weight is 359 g/mol. The molecule has 2 aromatic carbocycles. The Bertz CT molecular complexity index is 895. The van der Waals surface area contributed by atoms with Crippen molar-refractivity contribution in [3.05, 3.63) is 70.4 Å². The van der Waals surface area contributed by atoms with Crippen LogP contribution in [0.2, 0.25) is 0 Å². The van der Waals surface area contributed by atoms with Crippen LogP contribution in [-0.2, 0) is 4.79 Å². The smallest absolute Gasteiger partial charge is 0.335 e. The molecule has 0 aliphatic carbocycles. The summed E-state index contributed by atoms with van der Waals surface area (Å²) in [5.74, 6) is -1.84. The lowest BCUT2D eigenvalue weighted by atomic mass is 10.2. The van der Waals surface area contributed by atoms with Gasteiger partial charge in [-0.2, -0.15) is 0 Å². The van der Waals surface area contributed by atoms with Crippen molar-refractivity contribution in [1.29, 1.82) is 0 Å². The minimum Gasteiger partial charge on any atom is -0.478 e. The number of anilines is 1. The molecule has 0 bridgehead atoms. The highest BCUT2D eigenvalue weighted by Crippen LogP contribution is 2.36. The van der Waals surface area contributed by atoms with Crippen molar-refractivity contribution in [2.45, 2.75) is 0 Å². The van der Waals surface area contributed by atoms with Crippen LogP contribution in [0.25, 0.3) is 6.08 Å². The van der Waals surface area contributed by atoms with Crippen LogP contribution in [0.4, 0.5) is 10.1 Å². The Labute approximate surface area is 146 Å². The molecule has 1 saturated heterocycles. The quantitative estimate of drug-likeness (QED) is 0.665. The molecule has 1 fully saturated rings. The van der Waals surface area contributed by atoms with E-state index in [1.807, 2.05) is 0 Å². The van der Waals surface area contributed by atoms with Gasteiger partial charge in [-0.15, -0.1) is 0 Å². The molecular weight excluding hydrogens is 349 g/mol. The normalized spacial score (nSPS) is 16.0. The first-order chi connectivity index (χ1) is 11.5. The zero-order chi connectivity index (χ0) is 17.3. The van der Waals surface area contributed by atoms with Crippen LogP contribution >= 0.6 is 24.0 Å². The second-order valence-electron chi connectivity index (χ2n) is 4.93. The van der Waals surface area contributed by atoms with Gasteiger partial charge in [0.15, 0.2) is 4.32 Å². The third-order valence-electron chi connectivity index (χ3n) is 3.29. The molecule has 1 N–H and O–H groups in total. The molecule has 1 heterocycles. The van der Waals surface area contributed by atoms with Crippen molar-refractivity contribution in [2.24, 2.45) is 0 Å². The number of benzene rings is 2. The minimum atomic E-state index is -1.09. The van der Waals surface area contributed by atoms with Crippen LogP contribution in [0.15, 0.2) is 53.4 Å². The molecule has 1 aliphatic heterocycles. The minimum absolute atomic E-state index is 0.0654. The molecule has 0 saturated carbocycles. The van der Waals surface area contributed by atoms with E-state index in [1.165, 1.54) is 29.2 Å². The van der Waals surface area contributed by atoms with E-state index in [2.05, 4.69) is 0 Å². The molecule has 7 heteroatoms. The lowest BCUT2D eigenvalue weighted by Gasteiger charge is -2.14. The van der Waals surface area contributed by atoms with Crippen molar-refractivity contribution in [3.8, 4) is 0 Å². The molecular formula is C17H10FNO3S2. The predicted molar refractivity (Wildman–Crippen MR) is 95.5 cm³/mol. The fourth-order valence-electron chi connectivity index (χ4n) is 2.22. The van der Waals surface area contributed by atoms with Gasteiger partial charge in [0, 0.05) is 0 Å². The SMILES string of the molecule is O=C(O)c1cccc(N2C(=O)/C(=C/c3cccc(F)c3)SC2=S)c1. The summed E-state index contributed by atoms with van der Waals surface area (Å²) in [6.07, 6.45) is 1.56. The van der Waals surface area contributed by atoms with E-state index in [1.54, 1.807) is 30.3 Å². The number of carboxylic acids is 1. The number of thioether (sulfide) groups is 1. The number of halogens is 1. The lowest BCUT2D eigenvalue weighted by Crippen LogP contribution is -2.27. The summed E-state index contributed by atoms with van der Waals surface area (Å²) in [6, 6.07) is 11.9. The summed E-state index contributed by atoms with van der Waals surface area (Å²) in [6.45, 7) is 0. The van der Waals surface area contributed by atoms with Gasteiger partial charge in [0.25, 0.3) is 5.91 Å². The van der Waals surface area contributed by atoms with E-state index in [0.29, 0.717) is 20.5 Å². The first-order valence-electron chi connectivity index (χ1n) is 6.82. The highest BCUT2D eigenvalue weighted by molar-refractivity contribution is 8.27. The number of carboxylic acid groups (broad SMARTS) is 1. The lowest BCUT2D eigenvalue weighted by molar-refractivity contribution is -0.113. The number of amides is 1. The molecule has 2 aromatic rings. The first kappa shape index (κ1) is 16.4. The molecule has 4 nitrogen and oxygen atoms in total. The summed E-state index contributed by atoms with van der Waals surface area (Å²) in [5.41, 5.74) is 1.01. The van der Waals surface area contributed by atoms with Crippen molar-refractivity contribution in [1.82, 2.24) is 0 Å². The second-order valence-corrected chi connectivity index (χ2v) is 6.60. The highest BCUT2D eigenvalue weighted by Gasteiger charge is 2.33. The maximum absolute atomic E-state index is 13.3. The van der Waals surface area contributed by atoms with Crippen molar-refractivity contribution in [2.75, 3.05) is 4.90 Å². The Balaban J connectivity index is 1.95. The summed E-state index contributed by atoms with van der Waals surface area (Å²) in [7, 11) is 0. The van der Waals surface area contributed by atoms with Gasteiger partial charge < -0.3 is 5.11 Å². The van der Waals surface area contributed by atoms with Crippen LogP contribution in [0.1, 0.15) is 15.9 Å². The third kappa shape index (κ3) is 3.22. The van der Waals surface area contributed by atoms with Crippen LogP contribution < -0.4 is 4.90 Å². The fraction of sp³-hybridized carbons (Fsp3) is 0. The molecule has 120 valence electrons. The van der Waals surface area contributed by atoms with Gasteiger partial charge in [-0.05, 0) is 42.0 Å². The summed E-state index contributed by atoms with van der Waals surface area (Å²) < 4.78 is 13.6. The molecule has 0 aromatic heterocycles. The predicted octanol–water partition coefficient (Wildman–Crippen LogP) is 3.93. The Morgan fingerprint density at radius 1 is 1.21 bits per heavy atom. The molecule has 1 aliphatic rings. The van der Waals surface area contributed by atoms with Crippen LogP contribution in [-0.4, -0.2) is 21.3 Å². The molecule has 0 radical (unpaired) electrons. The number of nitrogens with zero attached hydrogens (tertiary/aromatic N) is 1. The van der Waals surface area contributed by atoms with Gasteiger partial charge >= 0.3 is 5.97 Å². The largest absolute Gasteiger partial charge is 0.478 e. The highest BCUT2D eigenvalue weighted by atomic mass is 32.2. The van der Waals surface area contributed by atoms with E-state index in [9.17, 15) is 14.0 Å². The number of carbonyl (C=O) groups is 2. The van der Waals surface area contributed by atoms with Gasteiger partial charge in [0.1, 0.15) is 5.82 Å². The van der Waals surface area contributed by atoms with E-state index < -0.39 is 11.8 Å². The zero-order valence-electron chi connectivity index (χ0n) is 12.1. The van der Waals surface area contributed by atoms with Crippen LogP contribution in [0.3, 0.4) is 0 Å². The Morgan fingerprint density at radius 3 is 2.67 bits per heavy atom. The zero-order valence-corrected chi connectivity index (χ0v) is 13.7. The Morgan fingerprint density at radius 2 is 1.96 bits per heavy atom. The molecule has 0 spiro atoms. The van der Waals surface area contributed by atoms with E-state index >= 15 is 0 Å². The number of hydrogen-bond donors (Lipinski definition) is 1. The molecule has 3 rings (SSSR count). The topological polar surface area (TPSA) is 57.6 Å². The number of hydrogen-bond acceptors (Lipinski definition) is 4. The average Bonchev–Trinajstić information content (AvgIpc) is 2.81. The van der Waals surface area contributed by atoms with Crippen LogP contribution in [0.5, 0.6) is 0 Å². The number of rotatable bonds is 3. The molecule has 24 heavy (non-hydrogen) atoms. The standard InChI is InChI=1S/C17H10FNO3S2/c18-12-5-1-3-10(7-12)8-14-15(20)19(17(23)24-14)13-6-2-4-11(9-13)16(21)22/h1-9H,(H,21,22)/b14-8-. The molecule has 0 unspecified atom stereocenters. The van der Waals surface area contributed by atoms with Crippen molar-refractivity contribution in [3.63, 3.8) is 0 Å². The maximum atomic E-state index is 13.3. The maximum Gasteiger partial charge on any atom is 0.335 e. The van der Waals surface area contributed by atoms with Gasteiger partial charge in [0.05, 0.1) is 16.2 Å². The van der Waals surface area contributed by atoms with Gasteiger partial charge in [-0.3, -0.25) is 9.69 Å². The fourth-order valence-corrected chi connectivity index (χ4v) is 3.52. The van der Waals surface area contributed by atoms with E-state index in [-0.39, 0.29) is 11.5 Å². The summed E-state index contributed by atoms with van der Waals surface area (Å²) >= 11 is 6.32. The summed E-state index contributed by atoms with van der Waals surface area (Å²) in [5, 5.41) is 9.07. The third-order valence-corrected chi connectivity index (χ3v) is 4.59. The van der Waals surface area contributed by atoms with Gasteiger partial charge in [0.2, 0.25) is 0 Å². The van der Waals surface area contributed by atoms with Crippen molar-refractivity contribution < 1.29 is 19.1 Å². The van der Waals surface area contributed by atoms with E-state index in [4.69, 9.17) is 17.3 Å². The Hall–Kier alpha value is -2.51. The summed E-state index contributed by atoms with van der Waals surface area (Å²) in [4.78, 5) is 25.3. The molecule has 0 atom stereocenters. The number of carbonyl (C=O) groups excluding carboxylic acids is 1. The van der Waals surface area contributed by atoms with E-state index in [0.717, 1.165) is 11.8 Å². The van der Waals surface area contributed by atoms with Gasteiger partial charge in [-0.25, -0.2) is 9.18 Å². The van der Waals surface area contributed by atoms with Gasteiger partial charge in [-0.1, -0.05) is 42.2 Å². The Kier molecular flexibility index (Phi) is 4.46.